The van der Waals surface area contributed by atoms with Gasteiger partial charge in [-0.15, -0.1) is 11.3 Å². The van der Waals surface area contributed by atoms with E-state index in [9.17, 15) is 0 Å². The fourth-order valence-electron chi connectivity index (χ4n) is 2.11. The second-order valence-corrected chi connectivity index (χ2v) is 7.37. The van der Waals surface area contributed by atoms with Crippen LogP contribution >= 0.6 is 11.3 Å². The minimum atomic E-state index is 0.105. The second-order valence-electron chi connectivity index (χ2n) is 6.48. The first kappa shape index (κ1) is 13.7. The van der Waals surface area contributed by atoms with Crippen LogP contribution in [0.3, 0.4) is 0 Å². The molecular weight excluding hydrogens is 266 g/mol. The average Bonchev–Trinajstić information content (AvgIpc) is 3.09. The summed E-state index contributed by atoms with van der Waals surface area (Å²) in [5.41, 5.74) is 2.48. The van der Waals surface area contributed by atoms with E-state index in [1.807, 2.05) is 18.5 Å². The highest BCUT2D eigenvalue weighted by atomic mass is 32.1. The first-order chi connectivity index (χ1) is 9.54. The lowest BCUT2D eigenvalue weighted by Crippen LogP contribution is -2.24. The van der Waals surface area contributed by atoms with Crippen molar-refractivity contribution >= 4 is 11.3 Å². The third-order valence-corrected chi connectivity index (χ3v) is 4.44. The Balaban J connectivity index is 1.91. The molecule has 3 nitrogen and oxygen atoms in total. The van der Waals surface area contributed by atoms with Crippen LogP contribution in [0.1, 0.15) is 55.9 Å². The molecule has 0 aromatic carbocycles. The van der Waals surface area contributed by atoms with Gasteiger partial charge in [0.05, 0.1) is 11.7 Å². The van der Waals surface area contributed by atoms with Crippen molar-refractivity contribution in [1.82, 2.24) is 15.3 Å². The fourth-order valence-corrected chi connectivity index (χ4v) is 3.24. The van der Waals surface area contributed by atoms with E-state index < -0.39 is 0 Å². The maximum Gasteiger partial charge on any atom is 0.114 e. The lowest BCUT2D eigenvalue weighted by Gasteiger charge is -2.17. The van der Waals surface area contributed by atoms with Crippen LogP contribution in [-0.2, 0) is 5.41 Å². The number of nitrogens with one attached hydrogen (secondary N) is 1. The van der Waals surface area contributed by atoms with E-state index in [4.69, 9.17) is 4.98 Å². The predicted molar refractivity (Wildman–Crippen MR) is 83.1 cm³/mol. The van der Waals surface area contributed by atoms with Crippen LogP contribution in [-0.4, -0.2) is 16.0 Å². The molecule has 1 unspecified atom stereocenters. The van der Waals surface area contributed by atoms with Gasteiger partial charge in [-0.2, -0.15) is 0 Å². The van der Waals surface area contributed by atoms with E-state index >= 15 is 0 Å². The Labute approximate surface area is 124 Å². The smallest absolute Gasteiger partial charge is 0.114 e. The molecule has 2 heterocycles. The van der Waals surface area contributed by atoms with Gasteiger partial charge < -0.3 is 5.32 Å². The molecule has 3 rings (SSSR count). The van der Waals surface area contributed by atoms with Gasteiger partial charge >= 0.3 is 0 Å². The SMILES string of the molecule is CC(C)(C)c1csc(C(NC2CC2)c2cccnc2)n1. The lowest BCUT2D eigenvalue weighted by molar-refractivity contribution is 0.557. The van der Waals surface area contributed by atoms with Gasteiger partial charge in [-0.3, -0.25) is 4.98 Å². The van der Waals surface area contributed by atoms with Gasteiger partial charge in [0.2, 0.25) is 0 Å². The molecule has 20 heavy (non-hydrogen) atoms. The molecule has 1 atom stereocenters. The van der Waals surface area contributed by atoms with Crippen molar-refractivity contribution in [1.29, 1.82) is 0 Å². The molecule has 0 bridgehead atoms. The largest absolute Gasteiger partial charge is 0.301 e. The number of pyridine rings is 1. The number of nitrogens with zero attached hydrogens (tertiary/aromatic N) is 2. The molecule has 2 aromatic rings. The summed E-state index contributed by atoms with van der Waals surface area (Å²) in [5, 5.41) is 7.03. The minimum absolute atomic E-state index is 0.105. The van der Waals surface area contributed by atoms with Gasteiger partial charge in [0, 0.05) is 29.2 Å². The van der Waals surface area contributed by atoms with Crippen LogP contribution in [0.2, 0.25) is 0 Å². The normalized spacial score (nSPS) is 17.1. The monoisotopic (exact) mass is 287 g/mol. The van der Waals surface area contributed by atoms with Gasteiger partial charge in [-0.25, -0.2) is 4.98 Å². The number of thiazole rings is 1. The van der Waals surface area contributed by atoms with Gasteiger partial charge in [0.15, 0.2) is 0 Å². The molecule has 106 valence electrons. The summed E-state index contributed by atoms with van der Waals surface area (Å²) in [6.07, 6.45) is 6.31. The number of aromatic nitrogens is 2. The second kappa shape index (κ2) is 5.26. The Morgan fingerprint density at radius 1 is 1.35 bits per heavy atom. The molecule has 1 saturated carbocycles. The van der Waals surface area contributed by atoms with Crippen LogP contribution in [0.5, 0.6) is 0 Å². The number of rotatable bonds is 4. The van der Waals surface area contributed by atoms with E-state index in [1.165, 1.54) is 24.1 Å². The maximum absolute atomic E-state index is 4.87. The van der Waals surface area contributed by atoms with Crippen molar-refractivity contribution in [3.05, 3.63) is 46.2 Å². The Morgan fingerprint density at radius 3 is 2.70 bits per heavy atom. The third kappa shape index (κ3) is 3.07. The summed E-state index contributed by atoms with van der Waals surface area (Å²) in [7, 11) is 0. The topological polar surface area (TPSA) is 37.8 Å². The van der Waals surface area contributed by atoms with Crippen molar-refractivity contribution in [3.8, 4) is 0 Å². The van der Waals surface area contributed by atoms with Crippen LogP contribution in [0.15, 0.2) is 29.9 Å². The molecule has 0 aliphatic heterocycles. The summed E-state index contributed by atoms with van der Waals surface area (Å²) in [5.74, 6) is 0. The molecule has 0 radical (unpaired) electrons. The van der Waals surface area contributed by atoms with E-state index in [0.717, 1.165) is 5.01 Å². The molecule has 2 aromatic heterocycles. The first-order valence-corrected chi connectivity index (χ1v) is 8.04. The molecular formula is C16H21N3S. The summed E-state index contributed by atoms with van der Waals surface area (Å²) in [6, 6.07) is 4.94. The van der Waals surface area contributed by atoms with Gasteiger partial charge in [0.25, 0.3) is 0 Å². The van der Waals surface area contributed by atoms with Crippen molar-refractivity contribution in [2.75, 3.05) is 0 Å². The van der Waals surface area contributed by atoms with Gasteiger partial charge in [0.1, 0.15) is 5.01 Å². The molecule has 1 N–H and O–H groups in total. The average molecular weight is 287 g/mol. The van der Waals surface area contributed by atoms with Crippen molar-refractivity contribution < 1.29 is 0 Å². The van der Waals surface area contributed by atoms with Crippen LogP contribution in [0, 0.1) is 0 Å². The summed E-state index contributed by atoms with van der Waals surface area (Å²) in [6.45, 7) is 6.62. The zero-order chi connectivity index (χ0) is 14.2. The summed E-state index contributed by atoms with van der Waals surface area (Å²) < 4.78 is 0. The highest BCUT2D eigenvalue weighted by Crippen LogP contribution is 2.32. The Bertz CT molecular complexity index is 567. The molecule has 0 spiro atoms. The van der Waals surface area contributed by atoms with Crippen molar-refractivity contribution in [2.45, 2.75) is 51.1 Å². The zero-order valence-electron chi connectivity index (χ0n) is 12.3. The summed E-state index contributed by atoms with van der Waals surface area (Å²) >= 11 is 1.75. The van der Waals surface area contributed by atoms with Crippen LogP contribution < -0.4 is 5.32 Å². The minimum Gasteiger partial charge on any atom is -0.301 e. The van der Waals surface area contributed by atoms with E-state index in [2.05, 4.69) is 42.5 Å². The molecule has 1 aliphatic rings. The van der Waals surface area contributed by atoms with Gasteiger partial charge in [-0.1, -0.05) is 26.8 Å². The zero-order valence-corrected chi connectivity index (χ0v) is 13.1. The molecule has 0 amide bonds. The molecule has 0 saturated heterocycles. The van der Waals surface area contributed by atoms with Crippen LogP contribution in [0.25, 0.3) is 0 Å². The quantitative estimate of drug-likeness (QED) is 0.932. The summed E-state index contributed by atoms with van der Waals surface area (Å²) in [4.78, 5) is 9.12. The molecule has 1 aliphatic carbocycles. The maximum atomic E-state index is 4.87. The number of hydrogen-bond donors (Lipinski definition) is 1. The first-order valence-electron chi connectivity index (χ1n) is 7.16. The standard InChI is InChI=1S/C16H21N3S/c1-16(2,3)13-10-20-15(19-13)14(18-12-6-7-12)11-5-4-8-17-9-11/h4-5,8-10,12,14,18H,6-7H2,1-3H3. The van der Waals surface area contributed by atoms with E-state index in [1.54, 1.807) is 11.3 Å². The Hall–Kier alpha value is -1.26. The van der Waals surface area contributed by atoms with E-state index in [-0.39, 0.29) is 11.5 Å². The van der Waals surface area contributed by atoms with Gasteiger partial charge in [-0.05, 0) is 24.5 Å². The molecule has 4 heteroatoms. The number of hydrogen-bond acceptors (Lipinski definition) is 4. The third-order valence-electron chi connectivity index (χ3n) is 3.53. The van der Waals surface area contributed by atoms with Crippen LogP contribution in [0.4, 0.5) is 0 Å². The highest BCUT2D eigenvalue weighted by Gasteiger charge is 2.29. The Morgan fingerprint density at radius 2 is 2.15 bits per heavy atom. The molecule has 1 fully saturated rings. The lowest BCUT2D eigenvalue weighted by atomic mass is 9.93. The fraction of sp³-hybridized carbons (Fsp3) is 0.500. The highest BCUT2D eigenvalue weighted by molar-refractivity contribution is 7.09. The van der Waals surface area contributed by atoms with Crippen molar-refractivity contribution in [2.24, 2.45) is 0 Å². The predicted octanol–water partition coefficient (Wildman–Crippen LogP) is 3.68. The van der Waals surface area contributed by atoms with E-state index in [0.29, 0.717) is 6.04 Å². The Kier molecular flexibility index (Phi) is 3.61. The van der Waals surface area contributed by atoms with Crippen molar-refractivity contribution in [3.63, 3.8) is 0 Å².